The van der Waals surface area contributed by atoms with Crippen LogP contribution >= 0.6 is 12.8 Å². The number of allylic oxidation sites excluding steroid dienone is 4. The lowest BCUT2D eigenvalue weighted by atomic mass is 9.91. The lowest BCUT2D eigenvalue weighted by molar-refractivity contribution is -0.153. The van der Waals surface area contributed by atoms with E-state index in [0.29, 0.717) is 23.3 Å². The number of aliphatic hydroxyl groups is 1. The first-order valence-electron chi connectivity index (χ1n) is 17.2. The predicted molar refractivity (Wildman–Crippen MR) is 216 cm³/mol. The highest BCUT2D eigenvalue weighted by atomic mass is 32.5. The minimum Gasteiger partial charge on any atom is -0.511 e. The van der Waals surface area contributed by atoms with E-state index in [9.17, 15) is 41.0 Å². The molecule has 1 atom stereocenters. The van der Waals surface area contributed by atoms with Gasteiger partial charge in [0, 0.05) is 30.3 Å². The minimum atomic E-state index is -4.49. The SMILES string of the molecule is CP(C)(=S)OCC(F)(F)F.Cc1cc(C)c(C2=C(O)C(C)(C)CC2=O)cc1C.Cc1cc(C)c(C2=C(OP(C)(=S)OCC(F)(F)F)C(C)(C)CC2=O)cc1C. The molecular weight excluding hydrogens is 804 g/mol. The van der Waals surface area contributed by atoms with Crippen LogP contribution in [0.2, 0.25) is 0 Å². The van der Waals surface area contributed by atoms with Crippen LogP contribution in [0.1, 0.15) is 85.0 Å². The second kappa shape index (κ2) is 17.7. The van der Waals surface area contributed by atoms with E-state index in [2.05, 4.69) is 29.3 Å². The zero-order chi connectivity index (χ0) is 42.9. The molecule has 308 valence electrons. The highest BCUT2D eigenvalue weighted by Gasteiger charge is 2.44. The molecule has 0 fully saturated rings. The Hall–Kier alpha value is -2.34. The van der Waals surface area contributed by atoms with E-state index in [-0.39, 0.29) is 23.7 Å². The Bertz CT molecular complexity index is 1970. The number of rotatable bonds is 8. The summed E-state index contributed by atoms with van der Waals surface area (Å²) in [5.74, 6) is 0.502. The molecule has 0 amide bonds. The molecular formula is C39H52F6O6P2S2. The van der Waals surface area contributed by atoms with Gasteiger partial charge in [0.1, 0.15) is 18.1 Å². The maximum absolute atomic E-state index is 12.8. The highest BCUT2D eigenvalue weighted by Crippen LogP contribution is 2.56. The van der Waals surface area contributed by atoms with E-state index in [1.807, 2.05) is 80.5 Å². The molecule has 0 aromatic heterocycles. The van der Waals surface area contributed by atoms with Crippen LogP contribution in [0.15, 0.2) is 35.8 Å². The molecule has 2 aliphatic rings. The molecule has 4 rings (SSSR count). The van der Waals surface area contributed by atoms with Gasteiger partial charge in [0.15, 0.2) is 18.2 Å². The predicted octanol–water partition coefficient (Wildman–Crippen LogP) is 12.0. The summed E-state index contributed by atoms with van der Waals surface area (Å²) in [7, 11) is 0. The van der Waals surface area contributed by atoms with Crippen LogP contribution in [-0.2, 0) is 46.8 Å². The van der Waals surface area contributed by atoms with Crippen molar-refractivity contribution < 1.29 is 54.6 Å². The van der Waals surface area contributed by atoms with Gasteiger partial charge in [-0.25, -0.2) is 0 Å². The van der Waals surface area contributed by atoms with E-state index in [1.54, 1.807) is 0 Å². The summed E-state index contributed by atoms with van der Waals surface area (Å²) in [4.78, 5) is 24.9. The largest absolute Gasteiger partial charge is 0.511 e. The zero-order valence-electron chi connectivity index (χ0n) is 33.6. The van der Waals surface area contributed by atoms with Crippen molar-refractivity contribution in [1.82, 2.24) is 0 Å². The van der Waals surface area contributed by atoms with Gasteiger partial charge in [-0.3, -0.25) is 9.59 Å². The Kier molecular flexibility index (Phi) is 15.7. The number of Topliss-reactive ketones (excluding diaryl/α,β-unsaturated/α-hetero) is 2. The Labute approximate surface area is 331 Å². The van der Waals surface area contributed by atoms with Crippen molar-refractivity contribution in [1.29, 1.82) is 0 Å². The molecule has 1 N–H and O–H groups in total. The third-order valence-corrected chi connectivity index (χ3v) is 11.7. The summed E-state index contributed by atoms with van der Waals surface area (Å²) in [6.07, 6.45) is -10.3. The average molecular weight is 857 g/mol. The number of benzene rings is 2. The maximum atomic E-state index is 12.8. The molecule has 16 heteroatoms. The number of aliphatic hydroxyl groups excluding tert-OH is 1. The number of halogens is 6. The Morgan fingerprint density at radius 1 is 0.636 bits per heavy atom. The molecule has 55 heavy (non-hydrogen) atoms. The van der Waals surface area contributed by atoms with E-state index >= 15 is 0 Å². The van der Waals surface area contributed by atoms with Gasteiger partial charge in [0.2, 0.25) is 6.49 Å². The van der Waals surface area contributed by atoms with E-state index in [4.69, 9.17) is 20.9 Å². The van der Waals surface area contributed by atoms with Crippen LogP contribution in [0.25, 0.3) is 11.1 Å². The Morgan fingerprint density at radius 2 is 1.00 bits per heavy atom. The summed E-state index contributed by atoms with van der Waals surface area (Å²) >= 11 is 9.83. The van der Waals surface area contributed by atoms with Crippen molar-refractivity contribution in [3.63, 3.8) is 0 Å². The van der Waals surface area contributed by atoms with E-state index in [1.165, 1.54) is 25.6 Å². The van der Waals surface area contributed by atoms with Gasteiger partial charge in [-0.05, 0) is 111 Å². The number of hydrogen-bond acceptors (Lipinski definition) is 8. The van der Waals surface area contributed by atoms with Crippen molar-refractivity contribution in [2.75, 3.05) is 33.2 Å². The van der Waals surface area contributed by atoms with Gasteiger partial charge in [-0.1, -0.05) is 63.8 Å². The third kappa shape index (κ3) is 14.2. The van der Waals surface area contributed by atoms with Crippen LogP contribution in [0, 0.1) is 52.4 Å². The van der Waals surface area contributed by atoms with Crippen molar-refractivity contribution in [3.05, 3.63) is 80.3 Å². The lowest BCUT2D eigenvalue weighted by Crippen LogP contribution is -2.18. The van der Waals surface area contributed by atoms with Gasteiger partial charge < -0.3 is 18.7 Å². The van der Waals surface area contributed by atoms with Crippen molar-refractivity contribution >= 4 is 59.1 Å². The second-order valence-corrected chi connectivity index (χ2v) is 25.2. The molecule has 0 saturated heterocycles. The molecule has 6 nitrogen and oxygen atoms in total. The third-order valence-electron chi connectivity index (χ3n) is 8.96. The summed E-state index contributed by atoms with van der Waals surface area (Å²) < 4.78 is 86.9. The first kappa shape index (κ1) is 48.8. The van der Waals surface area contributed by atoms with Gasteiger partial charge in [0.05, 0.1) is 17.4 Å². The summed E-state index contributed by atoms with van der Waals surface area (Å²) in [5.41, 5.74) is 7.84. The van der Waals surface area contributed by atoms with Crippen molar-refractivity contribution in [2.24, 2.45) is 10.8 Å². The van der Waals surface area contributed by atoms with Crippen molar-refractivity contribution in [3.8, 4) is 0 Å². The second-order valence-electron chi connectivity index (χ2n) is 15.8. The molecule has 1 unspecified atom stereocenters. The molecule has 0 saturated carbocycles. The summed E-state index contributed by atoms with van der Waals surface area (Å²) in [6.45, 7) is 17.8. The first-order valence-corrected chi connectivity index (χ1v) is 23.9. The van der Waals surface area contributed by atoms with Crippen LogP contribution in [0.4, 0.5) is 26.3 Å². The molecule has 0 bridgehead atoms. The standard InChI is InChI=1S/C19H24F3O3PS.C16H20O2.C4H8F3OPS/c1-11-7-13(3)14(8-12(11)2)16-15(23)9-18(4,5)17(16)25-26(6,27)24-10-19(20,21)22;1-9-6-11(3)12(7-10(9)2)14-13(17)8-16(4,5)15(14)18;1-9(2,10)8-3-4(5,6)7/h7-8H,9-10H2,1-6H3;6-7,18H,8H2,1-5H3;3H2,1-2H3. The Balaban J connectivity index is 0.000000320. The minimum absolute atomic E-state index is 0.0452. The smallest absolute Gasteiger partial charge is 0.412 e. The normalized spacial score (nSPS) is 18.1. The molecule has 2 aromatic rings. The fourth-order valence-electron chi connectivity index (χ4n) is 5.87. The zero-order valence-corrected chi connectivity index (χ0v) is 37.0. The number of aryl methyl sites for hydroxylation is 6. The van der Waals surface area contributed by atoms with Gasteiger partial charge in [-0.15, -0.1) is 0 Å². The molecule has 0 heterocycles. The van der Waals surface area contributed by atoms with Crippen LogP contribution in [0.5, 0.6) is 0 Å². The van der Waals surface area contributed by atoms with Crippen molar-refractivity contribution in [2.45, 2.75) is 94.4 Å². The topological polar surface area (TPSA) is 82.1 Å². The average Bonchev–Trinajstić information content (AvgIpc) is 3.33. The monoisotopic (exact) mass is 856 g/mol. The quantitative estimate of drug-likeness (QED) is 0.208. The number of alkyl halides is 6. The fraction of sp³-hybridized carbons (Fsp3) is 0.538. The highest BCUT2D eigenvalue weighted by molar-refractivity contribution is 8.11. The Morgan fingerprint density at radius 3 is 1.36 bits per heavy atom. The molecule has 2 aliphatic carbocycles. The van der Waals surface area contributed by atoms with Gasteiger partial charge in [0.25, 0.3) is 0 Å². The summed E-state index contributed by atoms with van der Waals surface area (Å²) in [6, 6.07) is 7.98. The molecule has 0 radical (unpaired) electrons. The number of hydrogen-bond donors (Lipinski definition) is 1. The van der Waals surface area contributed by atoms with Gasteiger partial charge in [-0.2, -0.15) is 26.3 Å². The van der Waals surface area contributed by atoms with Gasteiger partial charge >= 0.3 is 12.4 Å². The van der Waals surface area contributed by atoms with E-state index in [0.717, 1.165) is 38.9 Å². The fourth-order valence-corrected chi connectivity index (χ4v) is 7.97. The lowest BCUT2D eigenvalue weighted by Gasteiger charge is -2.28. The van der Waals surface area contributed by atoms with Crippen LogP contribution in [0.3, 0.4) is 0 Å². The molecule has 0 spiro atoms. The first-order chi connectivity index (χ1) is 24.6. The number of carbonyl (C=O) groups excluding carboxylic acids is 2. The van der Waals surface area contributed by atoms with E-state index < -0.39 is 49.2 Å². The molecule has 0 aliphatic heterocycles. The van der Waals surface area contributed by atoms with Crippen LogP contribution in [-0.4, -0.2) is 62.2 Å². The summed E-state index contributed by atoms with van der Waals surface area (Å²) in [5, 5.41) is 10.3. The molecule has 2 aromatic carbocycles. The number of ketones is 2. The van der Waals surface area contributed by atoms with Crippen LogP contribution < -0.4 is 0 Å². The number of carbonyl (C=O) groups is 2. The maximum Gasteiger partial charge on any atom is 0.412 e.